The molecule has 0 aliphatic carbocycles. The highest BCUT2D eigenvalue weighted by molar-refractivity contribution is 7.89. The van der Waals surface area contributed by atoms with Crippen molar-refractivity contribution >= 4 is 50.8 Å². The Kier molecular flexibility index (Phi) is 9.21. The average Bonchev–Trinajstić information content (AvgIpc) is 3.10. The number of hydrogen-bond acceptors (Lipinski definition) is 4. The lowest BCUT2D eigenvalue weighted by atomic mass is 10.1. The van der Waals surface area contributed by atoms with Gasteiger partial charge in [-0.05, 0) is 61.2 Å². The zero-order valence-corrected chi connectivity index (χ0v) is 20.8. The Bertz CT molecular complexity index is 1110. The molecule has 0 amide bonds. The van der Waals surface area contributed by atoms with Gasteiger partial charge >= 0.3 is 5.97 Å². The zero-order chi connectivity index (χ0) is 24.0. The molecule has 1 heterocycles. The van der Waals surface area contributed by atoms with Crippen LogP contribution in [0.5, 0.6) is 0 Å². The van der Waals surface area contributed by atoms with Crippen molar-refractivity contribution in [2.24, 2.45) is 0 Å². The van der Waals surface area contributed by atoms with E-state index in [1.807, 2.05) is 24.3 Å². The number of likely N-dealkylation sites (tertiary alicyclic amines) is 1. The molecule has 1 fully saturated rings. The normalized spacial score (nSPS) is 19.4. The first-order chi connectivity index (χ1) is 15.6. The molecule has 1 aliphatic rings. The van der Waals surface area contributed by atoms with Crippen molar-refractivity contribution in [3.05, 3.63) is 75.2 Å². The summed E-state index contributed by atoms with van der Waals surface area (Å²) in [5.41, 5.74) is 0.967. The minimum Gasteiger partial charge on any atom is -0.481 e. The van der Waals surface area contributed by atoms with Gasteiger partial charge in [0.25, 0.3) is 0 Å². The second kappa shape index (κ2) is 11.7. The lowest BCUT2D eigenvalue weighted by Crippen LogP contribution is -2.37. The summed E-state index contributed by atoms with van der Waals surface area (Å²) in [6.45, 7) is 1.08. The van der Waals surface area contributed by atoms with E-state index in [1.165, 1.54) is 12.1 Å². The number of aliphatic carboxylic acids is 1. The van der Waals surface area contributed by atoms with Crippen molar-refractivity contribution in [3.8, 4) is 0 Å². The second-order valence-electron chi connectivity index (χ2n) is 7.97. The first-order valence-electron chi connectivity index (χ1n) is 10.5. The number of carboxylic acid groups (broad SMARTS) is 1. The summed E-state index contributed by atoms with van der Waals surface area (Å²) in [6, 6.07) is 11.2. The number of sulfonamides is 1. The Labute approximate surface area is 209 Å². The van der Waals surface area contributed by atoms with Crippen LogP contribution in [0.3, 0.4) is 0 Å². The highest BCUT2D eigenvalue weighted by Crippen LogP contribution is 2.27. The molecule has 0 radical (unpaired) electrons. The zero-order valence-electron chi connectivity index (χ0n) is 17.8. The Morgan fingerprint density at radius 3 is 2.52 bits per heavy atom. The van der Waals surface area contributed by atoms with Crippen molar-refractivity contribution in [1.29, 1.82) is 0 Å². The number of hydrogen-bond donors (Lipinski definition) is 2. The maximum Gasteiger partial charge on any atom is 0.303 e. The molecule has 3 rings (SSSR count). The van der Waals surface area contributed by atoms with Crippen LogP contribution < -0.4 is 4.72 Å². The largest absolute Gasteiger partial charge is 0.481 e. The molecule has 1 aliphatic heterocycles. The summed E-state index contributed by atoms with van der Waals surface area (Å²) < 4.78 is 28.5. The molecular formula is C23H25Cl3N2O4S. The van der Waals surface area contributed by atoms with Crippen LogP contribution >= 0.6 is 34.8 Å². The van der Waals surface area contributed by atoms with Crippen molar-refractivity contribution in [1.82, 2.24) is 9.62 Å². The molecule has 0 saturated carbocycles. The first kappa shape index (κ1) is 26.0. The number of unbranched alkanes of at least 4 members (excludes halogenated alkanes) is 1. The van der Waals surface area contributed by atoms with Gasteiger partial charge in [-0.1, -0.05) is 53.0 Å². The molecule has 2 atom stereocenters. The maximum atomic E-state index is 12.8. The smallest absolute Gasteiger partial charge is 0.303 e. The Morgan fingerprint density at radius 2 is 1.85 bits per heavy atom. The van der Waals surface area contributed by atoms with Gasteiger partial charge in [-0.3, -0.25) is 9.69 Å². The minimum atomic E-state index is -3.69. The third kappa shape index (κ3) is 7.70. The molecule has 178 valence electrons. The summed E-state index contributed by atoms with van der Waals surface area (Å²) in [7, 11) is -3.69. The summed E-state index contributed by atoms with van der Waals surface area (Å²) >= 11 is 18.1. The van der Waals surface area contributed by atoms with E-state index in [0.717, 1.165) is 5.56 Å². The van der Waals surface area contributed by atoms with Crippen molar-refractivity contribution in [3.63, 3.8) is 0 Å². The van der Waals surface area contributed by atoms with Crippen LogP contribution in [0.15, 0.2) is 59.5 Å². The number of nitrogens with zero attached hydrogens (tertiary/aromatic N) is 1. The van der Waals surface area contributed by atoms with E-state index in [0.29, 0.717) is 47.4 Å². The molecule has 0 spiro atoms. The third-order valence-electron chi connectivity index (χ3n) is 5.39. The molecule has 2 N–H and O–H groups in total. The number of nitrogens with one attached hydrogen (secondary N) is 1. The fraction of sp³-hybridized carbons (Fsp3) is 0.348. The number of carboxylic acids is 1. The third-order valence-corrected chi connectivity index (χ3v) is 7.91. The minimum absolute atomic E-state index is 0.0119. The van der Waals surface area contributed by atoms with Gasteiger partial charge in [0.05, 0.1) is 14.9 Å². The SMILES string of the molecule is O=C(O)CCCC=C[C@@H]1C[C@@H](NS(=O)(=O)c2ccc(Cl)cc2)CN1Cc1ccc(Cl)c(Cl)c1. The molecule has 1 saturated heterocycles. The summed E-state index contributed by atoms with van der Waals surface area (Å²) in [5.74, 6) is -0.817. The van der Waals surface area contributed by atoms with E-state index in [2.05, 4.69) is 9.62 Å². The number of carbonyl (C=O) groups is 1. The van der Waals surface area contributed by atoms with Gasteiger partial charge in [0.15, 0.2) is 0 Å². The van der Waals surface area contributed by atoms with E-state index in [9.17, 15) is 13.2 Å². The van der Waals surface area contributed by atoms with Crippen LogP contribution in [0.2, 0.25) is 15.1 Å². The second-order valence-corrected chi connectivity index (χ2v) is 10.9. The molecule has 2 aromatic rings. The molecule has 0 aromatic heterocycles. The summed E-state index contributed by atoms with van der Waals surface area (Å²) in [5, 5.41) is 10.2. The average molecular weight is 532 g/mol. The van der Waals surface area contributed by atoms with Crippen LogP contribution in [0.1, 0.15) is 31.2 Å². The van der Waals surface area contributed by atoms with Crippen LogP contribution in [-0.2, 0) is 21.4 Å². The Balaban J connectivity index is 1.72. The van der Waals surface area contributed by atoms with E-state index in [1.54, 1.807) is 18.2 Å². The van der Waals surface area contributed by atoms with Gasteiger partial charge in [0, 0.05) is 36.6 Å². The van der Waals surface area contributed by atoms with Gasteiger partial charge in [-0.15, -0.1) is 0 Å². The highest BCUT2D eigenvalue weighted by Gasteiger charge is 2.33. The van der Waals surface area contributed by atoms with Crippen LogP contribution in [0.25, 0.3) is 0 Å². The van der Waals surface area contributed by atoms with Gasteiger partial charge in [0.1, 0.15) is 0 Å². The molecule has 0 unspecified atom stereocenters. The molecule has 6 nitrogen and oxygen atoms in total. The topological polar surface area (TPSA) is 86.7 Å². The Hall–Kier alpha value is -1.61. The molecule has 33 heavy (non-hydrogen) atoms. The van der Waals surface area contributed by atoms with Gasteiger partial charge < -0.3 is 5.11 Å². The lowest BCUT2D eigenvalue weighted by Gasteiger charge is -2.22. The monoisotopic (exact) mass is 530 g/mol. The predicted octanol–water partition coefficient (Wildman–Crippen LogP) is 5.38. The number of halogens is 3. The molecule has 2 aromatic carbocycles. The van der Waals surface area contributed by atoms with Crippen molar-refractivity contribution < 1.29 is 18.3 Å². The van der Waals surface area contributed by atoms with Crippen LogP contribution in [0, 0.1) is 0 Å². The predicted molar refractivity (Wildman–Crippen MR) is 131 cm³/mol. The fourth-order valence-corrected chi connectivity index (χ4v) is 5.49. The molecular weight excluding hydrogens is 507 g/mol. The van der Waals surface area contributed by atoms with E-state index in [4.69, 9.17) is 39.9 Å². The number of allylic oxidation sites excluding steroid dienone is 1. The maximum absolute atomic E-state index is 12.8. The molecule has 10 heteroatoms. The lowest BCUT2D eigenvalue weighted by molar-refractivity contribution is -0.137. The Morgan fingerprint density at radius 1 is 1.12 bits per heavy atom. The molecule has 0 bridgehead atoms. The first-order valence-corrected chi connectivity index (χ1v) is 13.1. The fourth-order valence-electron chi connectivity index (χ4n) is 3.80. The van der Waals surface area contributed by atoms with E-state index in [-0.39, 0.29) is 23.4 Å². The summed E-state index contributed by atoms with van der Waals surface area (Å²) in [6.07, 6.45) is 5.89. The van der Waals surface area contributed by atoms with Crippen molar-refractivity contribution in [2.75, 3.05) is 6.54 Å². The number of rotatable bonds is 10. The quantitative estimate of drug-likeness (QED) is 0.317. The van der Waals surface area contributed by atoms with Crippen LogP contribution in [0.4, 0.5) is 0 Å². The van der Waals surface area contributed by atoms with Gasteiger partial charge in [-0.25, -0.2) is 13.1 Å². The van der Waals surface area contributed by atoms with E-state index < -0.39 is 16.0 Å². The highest BCUT2D eigenvalue weighted by atomic mass is 35.5. The standard InChI is InChI=1S/C23H25Cl3N2O4S/c24-17-7-9-20(10-8-17)33(31,32)27-18-13-19(4-2-1-3-5-23(29)30)28(15-18)14-16-6-11-21(25)22(26)12-16/h2,4,6-12,18-19,27H,1,3,5,13-15H2,(H,29,30)/t18-,19-/m1/s1. The van der Waals surface area contributed by atoms with Crippen molar-refractivity contribution in [2.45, 2.75) is 49.2 Å². The van der Waals surface area contributed by atoms with Crippen LogP contribution in [-0.4, -0.2) is 43.0 Å². The number of benzene rings is 2. The van der Waals surface area contributed by atoms with Gasteiger partial charge in [0.2, 0.25) is 10.0 Å². The van der Waals surface area contributed by atoms with E-state index >= 15 is 0 Å². The van der Waals surface area contributed by atoms with Gasteiger partial charge in [-0.2, -0.15) is 0 Å². The summed E-state index contributed by atoms with van der Waals surface area (Å²) in [4.78, 5) is 13.0.